The molecule has 3 heterocycles. The number of hydrogen-bond acceptors (Lipinski definition) is 6. The minimum Gasteiger partial charge on any atom is -0.475 e. The molecule has 158 valence electrons. The first-order chi connectivity index (χ1) is 13.6. The van der Waals surface area contributed by atoms with Gasteiger partial charge in [-0.15, -0.1) is 11.3 Å². The van der Waals surface area contributed by atoms with Crippen molar-refractivity contribution in [1.82, 2.24) is 14.9 Å². The standard InChI is InChI=1S/C16H20N4OS.C2HF3O2/c1-3-19(2)15-12-6-8-20(9-7-13(12)17-11-18-15)16(21)14-5-4-10-22-14;3-2(4,5)1(6)7/h4-5,10-11H,3,6-9H2,1-2H3;(H,6,7). The molecule has 0 spiro atoms. The van der Waals surface area contributed by atoms with Gasteiger partial charge in [-0.2, -0.15) is 13.2 Å². The highest BCUT2D eigenvalue weighted by Crippen LogP contribution is 2.24. The molecule has 1 amide bonds. The molecule has 0 aromatic carbocycles. The number of carboxylic acid groups (broad SMARTS) is 1. The van der Waals surface area contributed by atoms with Gasteiger partial charge in [-0.3, -0.25) is 4.79 Å². The molecule has 0 fully saturated rings. The minimum atomic E-state index is -5.08. The average molecular weight is 430 g/mol. The number of alkyl halides is 3. The number of aromatic nitrogens is 2. The topological polar surface area (TPSA) is 86.6 Å². The molecule has 1 aliphatic heterocycles. The van der Waals surface area contributed by atoms with Crippen LogP contribution in [0.4, 0.5) is 19.0 Å². The number of aliphatic carboxylic acids is 1. The Kier molecular flexibility index (Phi) is 7.54. The quantitative estimate of drug-likeness (QED) is 0.806. The molecule has 0 bridgehead atoms. The van der Waals surface area contributed by atoms with Gasteiger partial charge in [0.1, 0.15) is 12.1 Å². The molecular weight excluding hydrogens is 409 g/mol. The zero-order chi connectivity index (χ0) is 21.6. The van der Waals surface area contributed by atoms with E-state index in [9.17, 15) is 18.0 Å². The van der Waals surface area contributed by atoms with Crippen molar-refractivity contribution in [1.29, 1.82) is 0 Å². The molecule has 29 heavy (non-hydrogen) atoms. The number of amides is 1. The fraction of sp³-hybridized carbons (Fsp3) is 0.444. The largest absolute Gasteiger partial charge is 0.490 e. The Morgan fingerprint density at radius 1 is 1.28 bits per heavy atom. The van der Waals surface area contributed by atoms with Gasteiger partial charge in [0.15, 0.2) is 0 Å². The van der Waals surface area contributed by atoms with Crippen LogP contribution in [0.1, 0.15) is 27.9 Å². The molecule has 0 atom stereocenters. The third-order valence-corrected chi connectivity index (χ3v) is 5.22. The molecule has 3 rings (SSSR count). The summed E-state index contributed by atoms with van der Waals surface area (Å²) in [7, 11) is 2.04. The molecular formula is C18H21F3N4O3S. The van der Waals surface area contributed by atoms with Crippen molar-refractivity contribution < 1.29 is 27.9 Å². The van der Waals surface area contributed by atoms with E-state index < -0.39 is 12.1 Å². The van der Waals surface area contributed by atoms with Crippen molar-refractivity contribution in [3.8, 4) is 0 Å². The maximum atomic E-state index is 12.5. The summed E-state index contributed by atoms with van der Waals surface area (Å²) in [6, 6.07) is 3.81. The number of thiophene rings is 1. The van der Waals surface area contributed by atoms with Crippen molar-refractivity contribution in [2.24, 2.45) is 0 Å². The van der Waals surface area contributed by atoms with Crippen LogP contribution in [0.25, 0.3) is 0 Å². The van der Waals surface area contributed by atoms with Gasteiger partial charge >= 0.3 is 12.1 Å². The molecule has 2 aromatic heterocycles. The molecule has 0 unspecified atom stereocenters. The van der Waals surface area contributed by atoms with E-state index in [0.717, 1.165) is 48.9 Å². The van der Waals surface area contributed by atoms with Gasteiger partial charge in [0.2, 0.25) is 0 Å². The second-order valence-corrected chi connectivity index (χ2v) is 7.16. The van der Waals surface area contributed by atoms with E-state index in [1.165, 1.54) is 16.9 Å². The predicted molar refractivity (Wildman–Crippen MR) is 102 cm³/mol. The third kappa shape index (κ3) is 5.89. The van der Waals surface area contributed by atoms with Crippen LogP contribution in [0.15, 0.2) is 23.8 Å². The number of halogens is 3. The van der Waals surface area contributed by atoms with Crippen LogP contribution in [0, 0.1) is 0 Å². The Bertz CT molecular complexity index is 843. The molecule has 0 saturated carbocycles. The van der Waals surface area contributed by atoms with E-state index >= 15 is 0 Å². The van der Waals surface area contributed by atoms with Crippen molar-refractivity contribution in [2.45, 2.75) is 25.9 Å². The monoisotopic (exact) mass is 430 g/mol. The number of rotatable bonds is 3. The maximum Gasteiger partial charge on any atom is 0.490 e. The lowest BCUT2D eigenvalue weighted by atomic mass is 10.1. The van der Waals surface area contributed by atoms with Crippen molar-refractivity contribution in [3.63, 3.8) is 0 Å². The highest BCUT2D eigenvalue weighted by molar-refractivity contribution is 7.12. The highest BCUT2D eigenvalue weighted by Gasteiger charge is 2.38. The van der Waals surface area contributed by atoms with Crippen molar-refractivity contribution in [3.05, 3.63) is 40.0 Å². The second-order valence-electron chi connectivity index (χ2n) is 6.21. The van der Waals surface area contributed by atoms with Gasteiger partial charge in [0.25, 0.3) is 5.91 Å². The van der Waals surface area contributed by atoms with Gasteiger partial charge in [-0.25, -0.2) is 14.8 Å². The molecule has 0 aliphatic carbocycles. The van der Waals surface area contributed by atoms with Gasteiger partial charge in [0.05, 0.1) is 10.6 Å². The summed E-state index contributed by atoms with van der Waals surface area (Å²) in [6.07, 6.45) is -1.84. The van der Waals surface area contributed by atoms with Crippen LogP contribution in [0.5, 0.6) is 0 Å². The van der Waals surface area contributed by atoms with E-state index in [1.54, 1.807) is 6.33 Å². The lowest BCUT2D eigenvalue weighted by molar-refractivity contribution is -0.192. The molecule has 2 aromatic rings. The van der Waals surface area contributed by atoms with Crippen LogP contribution in [-0.4, -0.2) is 64.7 Å². The summed E-state index contributed by atoms with van der Waals surface area (Å²) >= 11 is 1.50. The number of anilines is 1. The van der Waals surface area contributed by atoms with Crippen LogP contribution >= 0.6 is 11.3 Å². The first kappa shape index (κ1) is 22.6. The summed E-state index contributed by atoms with van der Waals surface area (Å²) in [5.74, 6) is -1.63. The summed E-state index contributed by atoms with van der Waals surface area (Å²) in [4.78, 5) is 35.2. The third-order valence-electron chi connectivity index (χ3n) is 4.36. The van der Waals surface area contributed by atoms with Gasteiger partial charge < -0.3 is 14.9 Å². The van der Waals surface area contributed by atoms with Crippen LogP contribution < -0.4 is 4.90 Å². The Morgan fingerprint density at radius 2 is 1.93 bits per heavy atom. The Hall–Kier alpha value is -2.69. The summed E-state index contributed by atoms with van der Waals surface area (Å²) in [5, 5.41) is 9.07. The molecule has 7 nitrogen and oxygen atoms in total. The van der Waals surface area contributed by atoms with Crippen molar-refractivity contribution in [2.75, 3.05) is 31.6 Å². The normalized spacial score (nSPS) is 13.6. The number of nitrogens with zero attached hydrogens (tertiary/aromatic N) is 4. The molecule has 11 heteroatoms. The second kappa shape index (κ2) is 9.68. The Labute approximate surface area is 169 Å². The van der Waals surface area contributed by atoms with E-state index in [4.69, 9.17) is 9.90 Å². The smallest absolute Gasteiger partial charge is 0.475 e. The SMILES string of the molecule is CCN(C)c1ncnc2c1CCN(C(=O)c1cccs1)CC2.O=C(O)C(F)(F)F. The van der Waals surface area contributed by atoms with Crippen LogP contribution in [0.2, 0.25) is 0 Å². The maximum absolute atomic E-state index is 12.5. The summed E-state index contributed by atoms with van der Waals surface area (Å²) in [6.45, 7) is 4.46. The highest BCUT2D eigenvalue weighted by atomic mass is 32.1. The Morgan fingerprint density at radius 3 is 2.48 bits per heavy atom. The first-order valence-electron chi connectivity index (χ1n) is 8.81. The first-order valence-corrected chi connectivity index (χ1v) is 9.69. The number of fused-ring (bicyclic) bond motifs is 1. The zero-order valence-electron chi connectivity index (χ0n) is 15.9. The van der Waals surface area contributed by atoms with Crippen LogP contribution in [-0.2, 0) is 17.6 Å². The molecule has 1 aliphatic rings. The predicted octanol–water partition coefficient (Wildman–Crippen LogP) is 2.87. The Balaban J connectivity index is 0.000000370. The zero-order valence-corrected chi connectivity index (χ0v) is 16.8. The average Bonchev–Trinajstić information content (AvgIpc) is 3.13. The molecule has 0 saturated heterocycles. The van der Waals surface area contributed by atoms with Gasteiger partial charge in [-0.1, -0.05) is 6.07 Å². The van der Waals surface area contributed by atoms with Crippen LogP contribution in [0.3, 0.4) is 0 Å². The van der Waals surface area contributed by atoms with E-state index in [2.05, 4.69) is 21.8 Å². The minimum absolute atomic E-state index is 0.126. The van der Waals surface area contributed by atoms with E-state index in [0.29, 0.717) is 0 Å². The fourth-order valence-corrected chi connectivity index (χ4v) is 3.44. The number of carbonyl (C=O) groups is 2. The van der Waals surface area contributed by atoms with Crippen molar-refractivity contribution >= 4 is 29.0 Å². The van der Waals surface area contributed by atoms with Gasteiger partial charge in [0, 0.05) is 38.7 Å². The van der Waals surface area contributed by atoms with Gasteiger partial charge in [-0.05, 0) is 24.8 Å². The lowest BCUT2D eigenvalue weighted by Gasteiger charge is -2.20. The fourth-order valence-electron chi connectivity index (χ4n) is 2.75. The summed E-state index contributed by atoms with van der Waals surface area (Å²) in [5.41, 5.74) is 2.26. The van der Waals surface area contributed by atoms with E-state index in [1.807, 2.05) is 29.5 Å². The molecule has 0 radical (unpaired) electrons. The number of hydrogen-bond donors (Lipinski definition) is 1. The summed E-state index contributed by atoms with van der Waals surface area (Å²) < 4.78 is 31.7. The number of carbonyl (C=O) groups excluding carboxylic acids is 1. The van der Waals surface area contributed by atoms with E-state index in [-0.39, 0.29) is 5.91 Å². The lowest BCUT2D eigenvalue weighted by Crippen LogP contribution is -2.32. The number of carboxylic acids is 1. The molecule has 1 N–H and O–H groups in total.